The van der Waals surface area contributed by atoms with Gasteiger partial charge in [0.25, 0.3) is 0 Å². The SMILES string of the molecule is Cc1ccc(C2C(C#N)=C(N)N(c3nnc(SCC(=O)Nc4ccc(Cl)cn4)s3)C3=C2C(=O)CC(C)(C)C3)o1. The van der Waals surface area contributed by atoms with Gasteiger partial charge in [-0.15, -0.1) is 10.2 Å². The second-order valence-electron chi connectivity index (χ2n) is 9.98. The minimum atomic E-state index is -0.689. The Kier molecular flexibility index (Phi) is 7.24. The number of hydrogen-bond acceptors (Lipinski definition) is 11. The summed E-state index contributed by atoms with van der Waals surface area (Å²) in [5.74, 6) is 0.813. The lowest BCUT2D eigenvalue weighted by atomic mass is 9.69. The van der Waals surface area contributed by atoms with Crippen LogP contribution in [0, 0.1) is 23.7 Å². The first kappa shape index (κ1) is 26.9. The van der Waals surface area contributed by atoms with Gasteiger partial charge in [0.15, 0.2) is 10.1 Å². The van der Waals surface area contributed by atoms with Crippen LogP contribution in [-0.4, -0.2) is 32.6 Å². The van der Waals surface area contributed by atoms with E-state index in [1.807, 2.05) is 20.8 Å². The van der Waals surface area contributed by atoms with Crippen molar-refractivity contribution in [3.63, 3.8) is 0 Å². The van der Waals surface area contributed by atoms with E-state index in [2.05, 4.69) is 26.6 Å². The number of halogens is 1. The summed E-state index contributed by atoms with van der Waals surface area (Å²) in [6, 6.07) is 9.04. The number of nitriles is 1. The number of nitrogens with one attached hydrogen (secondary N) is 1. The van der Waals surface area contributed by atoms with Gasteiger partial charge in [0.1, 0.15) is 23.2 Å². The van der Waals surface area contributed by atoms with E-state index in [-0.39, 0.29) is 34.3 Å². The van der Waals surface area contributed by atoms with E-state index in [9.17, 15) is 14.9 Å². The molecule has 39 heavy (non-hydrogen) atoms. The van der Waals surface area contributed by atoms with Crippen LogP contribution >= 0.6 is 34.7 Å². The molecule has 0 spiro atoms. The average molecular weight is 582 g/mol. The van der Waals surface area contributed by atoms with E-state index < -0.39 is 5.92 Å². The van der Waals surface area contributed by atoms with Crippen LogP contribution in [0.25, 0.3) is 0 Å². The first-order valence-electron chi connectivity index (χ1n) is 12.0. The summed E-state index contributed by atoms with van der Waals surface area (Å²) in [6.45, 7) is 5.85. The fourth-order valence-electron chi connectivity index (χ4n) is 4.73. The Hall–Kier alpha value is -3.66. The number of amides is 1. The third-order valence-electron chi connectivity index (χ3n) is 6.34. The highest BCUT2D eigenvalue weighted by atomic mass is 35.5. The van der Waals surface area contributed by atoms with Gasteiger partial charge in [-0.25, -0.2) is 4.98 Å². The monoisotopic (exact) mass is 581 g/mol. The molecule has 5 rings (SSSR count). The summed E-state index contributed by atoms with van der Waals surface area (Å²) in [4.78, 5) is 31.7. The third-order valence-corrected chi connectivity index (χ3v) is 8.60. The quantitative estimate of drug-likeness (QED) is 0.373. The van der Waals surface area contributed by atoms with Crippen LogP contribution in [0.1, 0.15) is 44.1 Å². The molecular weight excluding hydrogens is 558 g/mol. The molecule has 0 radical (unpaired) electrons. The number of Topliss-reactive ketones (excluding diaryl/α,β-unsaturated/α-hetero) is 1. The summed E-state index contributed by atoms with van der Waals surface area (Å²) >= 11 is 8.27. The Labute approximate surface area is 237 Å². The molecule has 13 heteroatoms. The zero-order valence-electron chi connectivity index (χ0n) is 21.3. The molecule has 1 aliphatic carbocycles. The van der Waals surface area contributed by atoms with Crippen LogP contribution < -0.4 is 16.0 Å². The number of anilines is 2. The number of ketones is 1. The minimum absolute atomic E-state index is 0.0582. The number of furan rings is 1. The number of carbonyl (C=O) groups is 2. The normalized spacial score (nSPS) is 18.7. The number of pyridine rings is 1. The van der Waals surface area contributed by atoms with Gasteiger partial charge in [-0.05, 0) is 43.0 Å². The van der Waals surface area contributed by atoms with Crippen LogP contribution in [0.4, 0.5) is 10.9 Å². The second kappa shape index (κ2) is 10.5. The molecule has 0 fully saturated rings. The fraction of sp³-hybridized carbons (Fsp3) is 0.308. The molecule has 3 aromatic heterocycles. The van der Waals surface area contributed by atoms with Gasteiger partial charge in [0.05, 0.1) is 28.3 Å². The highest BCUT2D eigenvalue weighted by Crippen LogP contribution is 2.50. The first-order chi connectivity index (χ1) is 18.6. The van der Waals surface area contributed by atoms with Gasteiger partial charge < -0.3 is 15.5 Å². The van der Waals surface area contributed by atoms with Gasteiger partial charge in [0.2, 0.25) is 11.0 Å². The number of aryl methyl sites for hydroxylation is 1. The maximum atomic E-state index is 13.5. The molecule has 3 aromatic rings. The van der Waals surface area contributed by atoms with Gasteiger partial charge >= 0.3 is 0 Å². The molecule has 1 amide bonds. The lowest BCUT2D eigenvalue weighted by molar-refractivity contribution is -0.118. The Morgan fingerprint density at radius 2 is 2.13 bits per heavy atom. The summed E-state index contributed by atoms with van der Waals surface area (Å²) < 4.78 is 6.41. The lowest BCUT2D eigenvalue weighted by Crippen LogP contribution is -2.42. The van der Waals surface area contributed by atoms with E-state index in [4.69, 9.17) is 21.8 Å². The van der Waals surface area contributed by atoms with E-state index >= 15 is 0 Å². The largest absolute Gasteiger partial charge is 0.465 e. The molecule has 0 saturated carbocycles. The predicted octanol–water partition coefficient (Wildman–Crippen LogP) is 5.16. The van der Waals surface area contributed by atoms with E-state index in [1.165, 1.54) is 29.3 Å². The van der Waals surface area contributed by atoms with E-state index in [1.54, 1.807) is 29.2 Å². The second-order valence-corrected chi connectivity index (χ2v) is 12.6. The molecule has 4 heterocycles. The molecule has 10 nitrogen and oxygen atoms in total. The Morgan fingerprint density at radius 3 is 2.79 bits per heavy atom. The number of rotatable bonds is 6. The van der Waals surface area contributed by atoms with Crippen LogP contribution in [-0.2, 0) is 9.59 Å². The Balaban J connectivity index is 1.45. The van der Waals surface area contributed by atoms with Crippen molar-refractivity contribution in [3.05, 3.63) is 69.7 Å². The van der Waals surface area contributed by atoms with Crippen molar-refractivity contribution in [2.75, 3.05) is 16.0 Å². The number of nitrogens with zero attached hydrogens (tertiary/aromatic N) is 5. The molecule has 0 aromatic carbocycles. The van der Waals surface area contributed by atoms with Crippen LogP contribution in [0.15, 0.2) is 61.9 Å². The van der Waals surface area contributed by atoms with Gasteiger partial charge in [-0.2, -0.15) is 5.26 Å². The summed E-state index contributed by atoms with van der Waals surface area (Å²) in [6.07, 6.45) is 2.33. The topological polar surface area (TPSA) is 151 Å². The van der Waals surface area contributed by atoms with E-state index in [0.717, 1.165) is 0 Å². The molecule has 2 aliphatic rings. The Bertz CT molecular complexity index is 1570. The maximum Gasteiger partial charge on any atom is 0.235 e. The molecule has 3 N–H and O–H groups in total. The van der Waals surface area contributed by atoms with Crippen molar-refractivity contribution in [3.8, 4) is 6.07 Å². The zero-order valence-corrected chi connectivity index (χ0v) is 23.7. The number of nitrogens with two attached hydrogens (primary N) is 1. The molecular formula is C26H24ClN7O3S2. The molecule has 1 atom stereocenters. The third kappa shape index (κ3) is 5.43. The van der Waals surface area contributed by atoms with Crippen molar-refractivity contribution < 1.29 is 14.0 Å². The predicted molar refractivity (Wildman–Crippen MR) is 149 cm³/mol. The van der Waals surface area contributed by atoms with Gasteiger partial charge in [-0.1, -0.05) is 48.5 Å². The van der Waals surface area contributed by atoms with Crippen LogP contribution in [0.3, 0.4) is 0 Å². The summed E-state index contributed by atoms with van der Waals surface area (Å²) in [5, 5.41) is 22.3. The summed E-state index contributed by atoms with van der Waals surface area (Å²) in [7, 11) is 0. The number of hydrogen-bond donors (Lipinski definition) is 2. The number of aromatic nitrogens is 3. The number of thioether (sulfide) groups is 1. The molecule has 1 aliphatic heterocycles. The fourth-order valence-corrected chi connectivity index (χ4v) is 6.52. The standard InChI is InChI=1S/C26H24ClN7O3S2/c1-13-4-6-18(37-13)21-15(10-28)23(29)34(16-8-26(2,3)9-17(35)22(16)21)24-32-33-25(39-24)38-12-20(36)31-19-7-5-14(27)11-30-19/h4-7,11,21H,8-9,12,29H2,1-3H3,(H,30,31,36). The molecule has 200 valence electrons. The Morgan fingerprint density at radius 1 is 1.33 bits per heavy atom. The van der Waals surface area contributed by atoms with Crippen LogP contribution in [0.2, 0.25) is 5.02 Å². The number of allylic oxidation sites excluding steroid dienone is 3. The van der Waals surface area contributed by atoms with Crippen LogP contribution in [0.5, 0.6) is 0 Å². The van der Waals surface area contributed by atoms with Crippen molar-refractivity contribution in [2.24, 2.45) is 11.1 Å². The van der Waals surface area contributed by atoms with Crippen molar-refractivity contribution in [2.45, 2.75) is 43.9 Å². The van der Waals surface area contributed by atoms with Crippen molar-refractivity contribution >= 4 is 57.3 Å². The lowest BCUT2D eigenvalue weighted by Gasteiger charge is -2.42. The minimum Gasteiger partial charge on any atom is -0.465 e. The highest BCUT2D eigenvalue weighted by molar-refractivity contribution is 8.01. The molecule has 0 saturated heterocycles. The summed E-state index contributed by atoms with van der Waals surface area (Å²) in [5.41, 5.74) is 7.69. The first-order valence-corrected chi connectivity index (χ1v) is 14.1. The molecule has 1 unspecified atom stereocenters. The van der Waals surface area contributed by atoms with Crippen molar-refractivity contribution in [1.29, 1.82) is 5.26 Å². The highest BCUT2D eigenvalue weighted by Gasteiger charge is 2.46. The number of carbonyl (C=O) groups excluding carboxylic acids is 2. The van der Waals surface area contributed by atoms with Gasteiger partial charge in [0, 0.05) is 23.9 Å². The van der Waals surface area contributed by atoms with Gasteiger partial charge in [-0.3, -0.25) is 14.5 Å². The van der Waals surface area contributed by atoms with Crippen molar-refractivity contribution in [1.82, 2.24) is 15.2 Å². The zero-order chi connectivity index (χ0) is 27.9. The maximum absolute atomic E-state index is 13.5. The van der Waals surface area contributed by atoms with E-state index in [0.29, 0.717) is 55.9 Å². The average Bonchev–Trinajstić information content (AvgIpc) is 3.51. The smallest absolute Gasteiger partial charge is 0.235 e. The molecule has 0 bridgehead atoms.